The van der Waals surface area contributed by atoms with Crippen molar-refractivity contribution >= 4 is 17.2 Å². The summed E-state index contributed by atoms with van der Waals surface area (Å²) in [6, 6.07) is 8.01. The van der Waals surface area contributed by atoms with E-state index in [0.29, 0.717) is 17.2 Å². The molecule has 0 atom stereocenters. The first-order valence-electron chi connectivity index (χ1n) is 11.0. The van der Waals surface area contributed by atoms with Crippen molar-refractivity contribution in [1.82, 2.24) is 25.3 Å². The predicted molar refractivity (Wildman–Crippen MR) is 122 cm³/mol. The van der Waals surface area contributed by atoms with Crippen LogP contribution in [0.3, 0.4) is 0 Å². The predicted octanol–water partition coefficient (Wildman–Crippen LogP) is 4.86. The quantitative estimate of drug-likeness (QED) is 0.555. The average molecular weight is 440 g/mol. The number of aryl methyl sites for hydroxylation is 1. The van der Waals surface area contributed by atoms with Gasteiger partial charge in [0.05, 0.1) is 23.7 Å². The van der Waals surface area contributed by atoms with Crippen molar-refractivity contribution in [2.24, 2.45) is 0 Å². The molecule has 0 aliphatic heterocycles. The van der Waals surface area contributed by atoms with E-state index in [2.05, 4.69) is 20.6 Å². The highest BCUT2D eigenvalue weighted by Crippen LogP contribution is 2.30. The van der Waals surface area contributed by atoms with Gasteiger partial charge in [-0.3, -0.25) is 4.79 Å². The molecule has 0 spiro atoms. The van der Waals surface area contributed by atoms with Crippen LogP contribution in [0.25, 0.3) is 16.4 Å². The largest absolute Gasteiger partial charge is 0.494 e. The van der Waals surface area contributed by atoms with E-state index in [9.17, 15) is 4.79 Å². The summed E-state index contributed by atoms with van der Waals surface area (Å²) in [6.07, 6.45) is 7.02. The van der Waals surface area contributed by atoms with Crippen LogP contribution >= 0.6 is 11.3 Å². The van der Waals surface area contributed by atoms with Gasteiger partial charge in [-0.25, -0.2) is 9.67 Å². The normalized spacial score (nSPS) is 14.9. The minimum atomic E-state index is -0.0234. The van der Waals surface area contributed by atoms with Crippen molar-refractivity contribution in [2.75, 3.05) is 6.61 Å². The SMILES string of the molecule is CCOc1ccc(-n2nnc(-c3nc(C)c(C(=O)NC4CCCCCC4)s3)c2C)cc1. The van der Waals surface area contributed by atoms with Gasteiger partial charge in [0.2, 0.25) is 0 Å². The van der Waals surface area contributed by atoms with E-state index >= 15 is 0 Å². The molecule has 2 aromatic heterocycles. The number of hydrogen-bond acceptors (Lipinski definition) is 6. The number of benzene rings is 1. The Bertz CT molecular complexity index is 1030. The molecule has 1 fully saturated rings. The highest BCUT2D eigenvalue weighted by molar-refractivity contribution is 7.17. The second-order valence-electron chi connectivity index (χ2n) is 7.96. The van der Waals surface area contributed by atoms with Crippen LogP contribution in [0.2, 0.25) is 0 Å². The van der Waals surface area contributed by atoms with E-state index in [1.165, 1.54) is 37.0 Å². The van der Waals surface area contributed by atoms with Gasteiger partial charge in [-0.1, -0.05) is 30.9 Å². The topological polar surface area (TPSA) is 81.9 Å². The molecule has 0 radical (unpaired) electrons. The van der Waals surface area contributed by atoms with Crippen LogP contribution in [0.15, 0.2) is 24.3 Å². The van der Waals surface area contributed by atoms with Crippen LogP contribution < -0.4 is 10.1 Å². The molecule has 1 saturated carbocycles. The lowest BCUT2D eigenvalue weighted by atomic mass is 10.1. The van der Waals surface area contributed by atoms with E-state index in [1.54, 1.807) is 4.68 Å². The summed E-state index contributed by atoms with van der Waals surface area (Å²) in [7, 11) is 0. The van der Waals surface area contributed by atoms with Crippen molar-refractivity contribution in [3.8, 4) is 22.1 Å². The molecule has 0 unspecified atom stereocenters. The molecule has 7 nitrogen and oxygen atoms in total. The fourth-order valence-electron chi connectivity index (χ4n) is 4.01. The van der Waals surface area contributed by atoms with Crippen molar-refractivity contribution < 1.29 is 9.53 Å². The number of carbonyl (C=O) groups is 1. The second kappa shape index (κ2) is 9.60. The maximum atomic E-state index is 12.9. The Morgan fingerprint density at radius 3 is 2.55 bits per heavy atom. The fourth-order valence-corrected chi connectivity index (χ4v) is 5.01. The van der Waals surface area contributed by atoms with Crippen LogP contribution in [0.1, 0.15) is 66.5 Å². The number of hydrogen-bond donors (Lipinski definition) is 1. The Balaban J connectivity index is 1.53. The molecule has 1 amide bonds. The van der Waals surface area contributed by atoms with E-state index in [4.69, 9.17) is 4.74 Å². The molecule has 1 aliphatic carbocycles. The highest BCUT2D eigenvalue weighted by Gasteiger charge is 2.23. The molecular formula is C23H29N5O2S. The Kier molecular flexibility index (Phi) is 6.65. The number of carbonyl (C=O) groups excluding carboxylic acids is 1. The van der Waals surface area contributed by atoms with Gasteiger partial charge in [-0.15, -0.1) is 16.4 Å². The lowest BCUT2D eigenvalue weighted by Gasteiger charge is -2.15. The first-order valence-corrected chi connectivity index (χ1v) is 11.8. The lowest BCUT2D eigenvalue weighted by molar-refractivity contribution is 0.0936. The number of amides is 1. The first-order chi connectivity index (χ1) is 15.1. The van der Waals surface area contributed by atoms with Crippen molar-refractivity contribution in [3.63, 3.8) is 0 Å². The number of rotatable bonds is 6. The standard InChI is InChI=1S/C23H29N5O2S/c1-4-30-19-13-11-18(12-14-19)28-16(3)20(26-27-28)23-24-15(2)21(31-23)22(29)25-17-9-7-5-6-8-10-17/h11-14,17H,4-10H2,1-3H3,(H,25,29). The summed E-state index contributed by atoms with van der Waals surface area (Å²) in [6.45, 7) is 6.44. The third kappa shape index (κ3) is 4.79. The summed E-state index contributed by atoms with van der Waals surface area (Å²) in [5.74, 6) is 0.800. The summed E-state index contributed by atoms with van der Waals surface area (Å²) < 4.78 is 7.29. The zero-order chi connectivity index (χ0) is 21.8. The van der Waals surface area contributed by atoms with Crippen LogP contribution in [0.4, 0.5) is 0 Å². The van der Waals surface area contributed by atoms with Crippen molar-refractivity contribution in [2.45, 2.75) is 65.3 Å². The van der Waals surface area contributed by atoms with E-state index in [0.717, 1.165) is 40.7 Å². The third-order valence-electron chi connectivity index (χ3n) is 5.68. The number of nitrogens with zero attached hydrogens (tertiary/aromatic N) is 4. The molecule has 31 heavy (non-hydrogen) atoms. The van der Waals surface area contributed by atoms with E-state index in [-0.39, 0.29) is 11.9 Å². The zero-order valence-corrected chi connectivity index (χ0v) is 19.2. The fraction of sp³-hybridized carbons (Fsp3) is 0.478. The van der Waals surface area contributed by atoms with Crippen LogP contribution in [-0.4, -0.2) is 38.5 Å². The van der Waals surface area contributed by atoms with Gasteiger partial charge in [-0.05, 0) is 57.9 Å². The maximum absolute atomic E-state index is 12.9. The maximum Gasteiger partial charge on any atom is 0.263 e. The molecule has 1 aliphatic rings. The Hall–Kier alpha value is -2.74. The highest BCUT2D eigenvalue weighted by atomic mass is 32.1. The minimum Gasteiger partial charge on any atom is -0.494 e. The van der Waals surface area contributed by atoms with Gasteiger partial charge < -0.3 is 10.1 Å². The second-order valence-corrected chi connectivity index (χ2v) is 8.96. The number of aromatic nitrogens is 4. The number of ether oxygens (including phenoxy) is 1. The average Bonchev–Trinajstić information content (AvgIpc) is 3.22. The smallest absolute Gasteiger partial charge is 0.263 e. The molecular weight excluding hydrogens is 410 g/mol. The van der Waals surface area contributed by atoms with Gasteiger partial charge in [0.25, 0.3) is 5.91 Å². The third-order valence-corrected chi connectivity index (χ3v) is 6.85. The molecule has 3 aromatic rings. The Labute approximate surface area is 186 Å². The molecule has 0 bridgehead atoms. The lowest BCUT2D eigenvalue weighted by Crippen LogP contribution is -2.34. The van der Waals surface area contributed by atoms with Crippen LogP contribution in [0.5, 0.6) is 5.75 Å². The van der Waals surface area contributed by atoms with Crippen molar-refractivity contribution in [1.29, 1.82) is 0 Å². The summed E-state index contributed by atoms with van der Waals surface area (Å²) in [4.78, 5) is 18.2. The van der Waals surface area contributed by atoms with Gasteiger partial charge in [0.15, 0.2) is 0 Å². The van der Waals surface area contributed by atoms with E-state index in [1.807, 2.05) is 45.0 Å². The molecule has 1 N–H and O–H groups in total. The number of thiazole rings is 1. The van der Waals surface area contributed by atoms with Gasteiger partial charge >= 0.3 is 0 Å². The molecule has 0 saturated heterocycles. The van der Waals surface area contributed by atoms with Crippen LogP contribution in [0, 0.1) is 13.8 Å². The minimum absolute atomic E-state index is 0.0234. The summed E-state index contributed by atoms with van der Waals surface area (Å²) in [5.41, 5.74) is 3.23. The van der Waals surface area contributed by atoms with Gasteiger partial charge in [-0.2, -0.15) is 0 Å². The Morgan fingerprint density at radius 1 is 1.16 bits per heavy atom. The molecule has 8 heteroatoms. The number of nitrogens with one attached hydrogen (secondary N) is 1. The zero-order valence-electron chi connectivity index (χ0n) is 18.4. The molecule has 4 rings (SSSR count). The van der Waals surface area contributed by atoms with Gasteiger partial charge in [0.1, 0.15) is 21.3 Å². The molecule has 164 valence electrons. The van der Waals surface area contributed by atoms with E-state index < -0.39 is 0 Å². The summed E-state index contributed by atoms with van der Waals surface area (Å²) >= 11 is 1.39. The Morgan fingerprint density at radius 2 is 1.87 bits per heavy atom. The van der Waals surface area contributed by atoms with Crippen LogP contribution in [-0.2, 0) is 0 Å². The van der Waals surface area contributed by atoms with Gasteiger partial charge in [0, 0.05) is 6.04 Å². The summed E-state index contributed by atoms with van der Waals surface area (Å²) in [5, 5.41) is 12.6. The first kappa shape index (κ1) is 21.5. The van der Waals surface area contributed by atoms with Crippen molar-refractivity contribution in [3.05, 3.63) is 40.5 Å². The molecule has 2 heterocycles. The monoisotopic (exact) mass is 439 g/mol. The molecule has 1 aromatic carbocycles.